The zero-order valence-electron chi connectivity index (χ0n) is 11.9. The highest BCUT2D eigenvalue weighted by molar-refractivity contribution is 5.98. The second-order valence-corrected chi connectivity index (χ2v) is 5.24. The molecule has 0 saturated carbocycles. The molecular formula is C17H18N2O2. The molecule has 0 aromatic heterocycles. The third kappa shape index (κ3) is 2.44. The summed E-state index contributed by atoms with van der Waals surface area (Å²) < 4.78 is 5.21. The van der Waals surface area contributed by atoms with Gasteiger partial charge in [0, 0.05) is 12.5 Å². The minimum Gasteiger partial charge on any atom is -0.494 e. The molecule has 0 spiro atoms. The molecule has 1 unspecified atom stereocenters. The minimum absolute atomic E-state index is 0.150. The Morgan fingerprint density at radius 3 is 2.86 bits per heavy atom. The molecule has 2 aromatic rings. The van der Waals surface area contributed by atoms with Gasteiger partial charge in [0.25, 0.3) is 5.91 Å². The molecule has 1 aliphatic rings. The van der Waals surface area contributed by atoms with Gasteiger partial charge in [-0.3, -0.25) is 4.79 Å². The molecule has 0 aliphatic heterocycles. The predicted molar refractivity (Wildman–Crippen MR) is 82.6 cm³/mol. The van der Waals surface area contributed by atoms with Crippen molar-refractivity contribution < 1.29 is 9.53 Å². The number of fused-ring (bicyclic) bond motifs is 1. The van der Waals surface area contributed by atoms with Gasteiger partial charge in [0.2, 0.25) is 0 Å². The molecule has 108 valence electrons. The molecule has 0 bridgehead atoms. The number of hydrogen-bond donors (Lipinski definition) is 2. The van der Waals surface area contributed by atoms with Gasteiger partial charge in [0.15, 0.2) is 5.75 Å². The van der Waals surface area contributed by atoms with E-state index in [1.807, 2.05) is 12.1 Å². The first-order chi connectivity index (χ1) is 10.2. The molecule has 2 aromatic carbocycles. The summed E-state index contributed by atoms with van der Waals surface area (Å²) in [5.41, 5.74) is 9.47. The number of nitrogens with two attached hydrogens (primary N) is 1. The largest absolute Gasteiger partial charge is 0.494 e. The van der Waals surface area contributed by atoms with Crippen molar-refractivity contribution in [3.63, 3.8) is 0 Å². The number of para-hydroxylation sites is 1. The van der Waals surface area contributed by atoms with Crippen molar-refractivity contribution in [2.45, 2.75) is 12.3 Å². The Hall–Kier alpha value is -2.49. The summed E-state index contributed by atoms with van der Waals surface area (Å²) >= 11 is 0. The van der Waals surface area contributed by atoms with Crippen molar-refractivity contribution in [2.75, 3.05) is 19.4 Å². The Balaban J connectivity index is 1.67. The highest BCUT2D eigenvalue weighted by atomic mass is 16.5. The molecule has 0 fully saturated rings. The molecular weight excluding hydrogens is 264 g/mol. The zero-order chi connectivity index (χ0) is 14.8. The summed E-state index contributed by atoms with van der Waals surface area (Å²) in [6, 6.07) is 13.5. The van der Waals surface area contributed by atoms with Crippen LogP contribution in [0.15, 0.2) is 42.5 Å². The molecule has 3 N–H and O–H groups in total. The van der Waals surface area contributed by atoms with Gasteiger partial charge in [0.05, 0.1) is 18.4 Å². The first-order valence-electron chi connectivity index (χ1n) is 6.99. The van der Waals surface area contributed by atoms with Gasteiger partial charge in [-0.05, 0) is 29.7 Å². The van der Waals surface area contributed by atoms with Gasteiger partial charge in [-0.25, -0.2) is 0 Å². The lowest BCUT2D eigenvalue weighted by Gasteiger charge is -2.30. The molecule has 0 saturated heterocycles. The highest BCUT2D eigenvalue weighted by Gasteiger charge is 2.26. The quantitative estimate of drug-likeness (QED) is 0.846. The average molecular weight is 282 g/mol. The molecule has 0 heterocycles. The average Bonchev–Trinajstić information content (AvgIpc) is 2.47. The summed E-state index contributed by atoms with van der Waals surface area (Å²) in [7, 11) is 1.52. The first kappa shape index (κ1) is 13.5. The predicted octanol–water partition coefficient (Wildman–Crippen LogP) is 2.35. The Kier molecular flexibility index (Phi) is 3.52. The van der Waals surface area contributed by atoms with E-state index in [-0.39, 0.29) is 5.91 Å². The van der Waals surface area contributed by atoms with Crippen LogP contribution in [0.5, 0.6) is 5.75 Å². The van der Waals surface area contributed by atoms with Crippen molar-refractivity contribution in [1.29, 1.82) is 0 Å². The van der Waals surface area contributed by atoms with Crippen LogP contribution in [-0.4, -0.2) is 19.6 Å². The minimum atomic E-state index is -0.150. The van der Waals surface area contributed by atoms with Crippen LogP contribution in [0, 0.1) is 0 Å². The molecule has 21 heavy (non-hydrogen) atoms. The van der Waals surface area contributed by atoms with Crippen LogP contribution < -0.4 is 15.8 Å². The lowest BCUT2D eigenvalue weighted by atomic mass is 9.77. The number of carbonyl (C=O) groups excluding carboxylic acids is 1. The molecule has 4 nitrogen and oxygen atoms in total. The van der Waals surface area contributed by atoms with Crippen molar-refractivity contribution in [3.05, 3.63) is 59.2 Å². The number of nitrogen functional groups attached to an aromatic ring is 1. The van der Waals surface area contributed by atoms with Crippen molar-refractivity contribution >= 4 is 11.6 Å². The highest BCUT2D eigenvalue weighted by Crippen LogP contribution is 2.34. The number of rotatable bonds is 4. The maximum Gasteiger partial charge on any atom is 0.255 e. The summed E-state index contributed by atoms with van der Waals surface area (Å²) in [4.78, 5) is 12.3. The lowest BCUT2D eigenvalue weighted by molar-refractivity contribution is 0.0947. The first-order valence-corrected chi connectivity index (χ1v) is 6.99. The molecule has 1 amide bonds. The van der Waals surface area contributed by atoms with E-state index in [2.05, 4.69) is 17.4 Å². The smallest absolute Gasteiger partial charge is 0.255 e. The van der Waals surface area contributed by atoms with Gasteiger partial charge in [-0.2, -0.15) is 0 Å². The lowest BCUT2D eigenvalue weighted by Crippen LogP contribution is -2.33. The summed E-state index contributed by atoms with van der Waals surface area (Å²) in [6.45, 7) is 0.633. The Morgan fingerprint density at radius 1 is 1.29 bits per heavy atom. The number of amides is 1. The van der Waals surface area contributed by atoms with Gasteiger partial charge in [-0.1, -0.05) is 30.3 Å². The van der Waals surface area contributed by atoms with E-state index in [4.69, 9.17) is 10.5 Å². The van der Waals surface area contributed by atoms with E-state index < -0.39 is 0 Å². The molecule has 4 heteroatoms. The van der Waals surface area contributed by atoms with E-state index in [0.29, 0.717) is 29.5 Å². The maximum absolute atomic E-state index is 12.3. The number of carbonyl (C=O) groups is 1. The molecule has 0 radical (unpaired) electrons. The number of methoxy groups -OCH3 is 1. The maximum atomic E-state index is 12.3. The van der Waals surface area contributed by atoms with Crippen molar-refractivity contribution in [1.82, 2.24) is 5.32 Å². The Bertz CT molecular complexity index is 682. The third-order valence-corrected chi connectivity index (χ3v) is 3.96. The van der Waals surface area contributed by atoms with Gasteiger partial charge < -0.3 is 15.8 Å². The van der Waals surface area contributed by atoms with E-state index in [1.54, 1.807) is 18.2 Å². The van der Waals surface area contributed by atoms with E-state index >= 15 is 0 Å². The molecule has 1 aliphatic carbocycles. The second-order valence-electron chi connectivity index (χ2n) is 5.24. The molecule has 1 atom stereocenters. The Labute approximate surface area is 123 Å². The number of ether oxygens (including phenoxy) is 1. The standard InChI is InChI=1S/C17H18N2O2/c1-21-16-14(7-4-8-15(16)18)17(20)19-10-12-9-11-5-2-3-6-13(11)12/h2-8,12H,9-10,18H2,1H3,(H,19,20). The van der Waals surface area contributed by atoms with Gasteiger partial charge in [-0.15, -0.1) is 0 Å². The monoisotopic (exact) mass is 282 g/mol. The fourth-order valence-electron chi connectivity index (χ4n) is 2.82. The Morgan fingerprint density at radius 2 is 2.10 bits per heavy atom. The van der Waals surface area contributed by atoms with Gasteiger partial charge in [0.1, 0.15) is 0 Å². The van der Waals surface area contributed by atoms with Crippen LogP contribution in [0.3, 0.4) is 0 Å². The van der Waals surface area contributed by atoms with Crippen LogP contribution in [-0.2, 0) is 6.42 Å². The second kappa shape index (κ2) is 5.48. The number of benzene rings is 2. The fourth-order valence-corrected chi connectivity index (χ4v) is 2.82. The number of anilines is 1. The fraction of sp³-hybridized carbons (Fsp3) is 0.235. The van der Waals surface area contributed by atoms with Crippen LogP contribution in [0.4, 0.5) is 5.69 Å². The zero-order valence-corrected chi connectivity index (χ0v) is 11.9. The van der Waals surface area contributed by atoms with E-state index in [1.165, 1.54) is 18.2 Å². The van der Waals surface area contributed by atoms with Crippen LogP contribution in [0.25, 0.3) is 0 Å². The number of nitrogens with one attached hydrogen (secondary N) is 1. The SMILES string of the molecule is COc1c(N)cccc1C(=O)NCC1Cc2ccccc21. The number of hydrogen-bond acceptors (Lipinski definition) is 3. The molecule has 3 rings (SSSR count). The normalized spacial score (nSPS) is 15.8. The van der Waals surface area contributed by atoms with Crippen LogP contribution in [0.1, 0.15) is 27.4 Å². The van der Waals surface area contributed by atoms with E-state index in [0.717, 1.165) is 6.42 Å². The summed E-state index contributed by atoms with van der Waals surface area (Å²) in [6.07, 6.45) is 1.02. The summed E-state index contributed by atoms with van der Waals surface area (Å²) in [5, 5.41) is 2.97. The third-order valence-electron chi connectivity index (χ3n) is 3.96. The van der Waals surface area contributed by atoms with Gasteiger partial charge >= 0.3 is 0 Å². The summed E-state index contributed by atoms with van der Waals surface area (Å²) in [5.74, 6) is 0.685. The van der Waals surface area contributed by atoms with Crippen molar-refractivity contribution in [2.24, 2.45) is 0 Å². The van der Waals surface area contributed by atoms with E-state index in [9.17, 15) is 4.79 Å². The van der Waals surface area contributed by atoms with Crippen LogP contribution in [0.2, 0.25) is 0 Å². The topological polar surface area (TPSA) is 64.3 Å². The van der Waals surface area contributed by atoms with Crippen molar-refractivity contribution in [3.8, 4) is 5.75 Å². The van der Waals surface area contributed by atoms with Crippen LogP contribution >= 0.6 is 0 Å².